The van der Waals surface area contributed by atoms with E-state index in [4.69, 9.17) is 0 Å². The highest BCUT2D eigenvalue weighted by atomic mass is 19.1. The van der Waals surface area contributed by atoms with Gasteiger partial charge in [0.05, 0.1) is 5.83 Å². The third-order valence-corrected chi connectivity index (χ3v) is 2.93. The molecule has 0 aromatic rings. The van der Waals surface area contributed by atoms with Crippen LogP contribution in [0.5, 0.6) is 0 Å². The SMILES string of the molecule is CCCCCC(/C=C(/F)CC)CCCNC. The number of halogens is 1. The van der Waals surface area contributed by atoms with Gasteiger partial charge in [-0.3, -0.25) is 0 Å². The zero-order valence-corrected chi connectivity index (χ0v) is 11.2. The first kappa shape index (κ1) is 15.6. The predicted molar refractivity (Wildman–Crippen MR) is 70.3 cm³/mol. The Morgan fingerprint density at radius 2 is 1.88 bits per heavy atom. The van der Waals surface area contributed by atoms with Crippen molar-refractivity contribution in [3.05, 3.63) is 11.9 Å². The summed E-state index contributed by atoms with van der Waals surface area (Å²) in [5, 5.41) is 3.14. The zero-order chi connectivity index (χ0) is 12.2. The minimum Gasteiger partial charge on any atom is -0.320 e. The molecule has 1 unspecified atom stereocenters. The van der Waals surface area contributed by atoms with Crippen LogP contribution < -0.4 is 5.32 Å². The molecule has 16 heavy (non-hydrogen) atoms. The maximum atomic E-state index is 13.2. The summed E-state index contributed by atoms with van der Waals surface area (Å²) in [6.07, 6.45) is 9.52. The van der Waals surface area contributed by atoms with Gasteiger partial charge in [-0.2, -0.15) is 0 Å². The molecule has 1 atom stereocenters. The Kier molecular flexibility index (Phi) is 10.9. The fraction of sp³-hybridized carbons (Fsp3) is 0.857. The van der Waals surface area contributed by atoms with E-state index >= 15 is 0 Å². The zero-order valence-electron chi connectivity index (χ0n) is 11.2. The van der Waals surface area contributed by atoms with E-state index in [-0.39, 0.29) is 5.83 Å². The summed E-state index contributed by atoms with van der Waals surface area (Å²) in [4.78, 5) is 0. The topological polar surface area (TPSA) is 12.0 Å². The number of unbranched alkanes of at least 4 members (excludes halogenated alkanes) is 2. The molecular formula is C14H28FN. The molecule has 0 aliphatic heterocycles. The second-order valence-electron chi connectivity index (χ2n) is 4.47. The van der Waals surface area contributed by atoms with Crippen LogP contribution in [0.1, 0.15) is 58.8 Å². The van der Waals surface area contributed by atoms with Crippen molar-refractivity contribution in [2.24, 2.45) is 5.92 Å². The van der Waals surface area contributed by atoms with Gasteiger partial charge in [-0.05, 0) is 51.3 Å². The Morgan fingerprint density at radius 3 is 2.44 bits per heavy atom. The molecule has 0 amide bonds. The number of rotatable bonds is 10. The Morgan fingerprint density at radius 1 is 1.19 bits per heavy atom. The molecule has 0 saturated heterocycles. The lowest BCUT2D eigenvalue weighted by atomic mass is 9.95. The summed E-state index contributed by atoms with van der Waals surface area (Å²) in [6, 6.07) is 0. The van der Waals surface area contributed by atoms with Crippen molar-refractivity contribution in [3.8, 4) is 0 Å². The van der Waals surface area contributed by atoms with Gasteiger partial charge in [-0.1, -0.05) is 33.1 Å². The Bertz CT molecular complexity index is 168. The first-order valence-electron chi connectivity index (χ1n) is 6.75. The molecule has 0 aliphatic rings. The molecule has 0 saturated carbocycles. The van der Waals surface area contributed by atoms with Gasteiger partial charge in [0.25, 0.3) is 0 Å². The summed E-state index contributed by atoms with van der Waals surface area (Å²) in [5.74, 6) is 0.505. The molecular weight excluding hydrogens is 201 g/mol. The predicted octanol–water partition coefficient (Wildman–Crippen LogP) is 4.45. The second-order valence-corrected chi connectivity index (χ2v) is 4.47. The van der Waals surface area contributed by atoms with E-state index in [1.165, 1.54) is 19.3 Å². The fourth-order valence-corrected chi connectivity index (χ4v) is 1.88. The number of hydrogen-bond acceptors (Lipinski definition) is 1. The summed E-state index contributed by atoms with van der Waals surface area (Å²) in [5.41, 5.74) is 0. The molecule has 0 aromatic heterocycles. The van der Waals surface area contributed by atoms with Gasteiger partial charge in [0.1, 0.15) is 0 Å². The van der Waals surface area contributed by atoms with Crippen molar-refractivity contribution in [2.75, 3.05) is 13.6 Å². The third kappa shape index (κ3) is 8.90. The molecule has 0 bridgehead atoms. The van der Waals surface area contributed by atoms with E-state index in [1.807, 2.05) is 20.0 Å². The highest BCUT2D eigenvalue weighted by Gasteiger charge is 2.06. The molecule has 96 valence electrons. The number of nitrogens with one attached hydrogen (secondary N) is 1. The molecule has 2 heteroatoms. The first-order chi connectivity index (χ1) is 7.74. The van der Waals surface area contributed by atoms with Gasteiger partial charge in [0.15, 0.2) is 0 Å². The minimum atomic E-state index is 0.0611. The summed E-state index contributed by atoms with van der Waals surface area (Å²) in [7, 11) is 1.97. The van der Waals surface area contributed by atoms with E-state index in [2.05, 4.69) is 12.2 Å². The monoisotopic (exact) mass is 229 g/mol. The lowest BCUT2D eigenvalue weighted by molar-refractivity contribution is 0.470. The van der Waals surface area contributed by atoms with E-state index < -0.39 is 0 Å². The van der Waals surface area contributed by atoms with Crippen molar-refractivity contribution in [3.63, 3.8) is 0 Å². The molecule has 1 nitrogen and oxygen atoms in total. The van der Waals surface area contributed by atoms with Crippen molar-refractivity contribution in [1.29, 1.82) is 0 Å². The summed E-state index contributed by atoms with van der Waals surface area (Å²) < 4.78 is 13.2. The van der Waals surface area contributed by atoms with Crippen molar-refractivity contribution < 1.29 is 4.39 Å². The smallest absolute Gasteiger partial charge is 0.0959 e. The lowest BCUT2D eigenvalue weighted by Gasteiger charge is -2.12. The molecule has 1 N–H and O–H groups in total. The van der Waals surface area contributed by atoms with Gasteiger partial charge in [-0.15, -0.1) is 0 Å². The molecule has 0 aliphatic carbocycles. The highest BCUT2D eigenvalue weighted by molar-refractivity contribution is 4.95. The average Bonchev–Trinajstić information content (AvgIpc) is 2.29. The minimum absolute atomic E-state index is 0.0611. The van der Waals surface area contributed by atoms with Gasteiger partial charge in [0, 0.05) is 0 Å². The Labute approximate surface area is 101 Å². The second kappa shape index (κ2) is 11.1. The van der Waals surface area contributed by atoms with Gasteiger partial charge >= 0.3 is 0 Å². The normalized spacial score (nSPS) is 14.1. The van der Waals surface area contributed by atoms with Crippen LogP contribution in [-0.4, -0.2) is 13.6 Å². The first-order valence-corrected chi connectivity index (χ1v) is 6.75. The van der Waals surface area contributed by atoms with Crippen molar-refractivity contribution in [2.45, 2.75) is 58.8 Å². The van der Waals surface area contributed by atoms with Crippen LogP contribution >= 0.6 is 0 Å². The largest absolute Gasteiger partial charge is 0.320 e. The average molecular weight is 229 g/mol. The molecule has 0 heterocycles. The van der Waals surface area contributed by atoms with E-state index in [1.54, 1.807) is 0 Å². The quantitative estimate of drug-likeness (QED) is 0.546. The Hall–Kier alpha value is -0.370. The van der Waals surface area contributed by atoms with E-state index in [0.717, 1.165) is 25.8 Å². The van der Waals surface area contributed by atoms with Crippen LogP contribution in [-0.2, 0) is 0 Å². The molecule has 0 fully saturated rings. The summed E-state index contributed by atoms with van der Waals surface area (Å²) >= 11 is 0. The summed E-state index contributed by atoms with van der Waals surface area (Å²) in [6.45, 7) is 5.12. The van der Waals surface area contributed by atoms with Crippen LogP contribution in [0, 0.1) is 5.92 Å². The van der Waals surface area contributed by atoms with E-state index in [9.17, 15) is 4.39 Å². The Balaban J connectivity index is 3.95. The maximum Gasteiger partial charge on any atom is 0.0959 e. The van der Waals surface area contributed by atoms with Crippen molar-refractivity contribution in [1.82, 2.24) is 5.32 Å². The van der Waals surface area contributed by atoms with Gasteiger partial charge in [0.2, 0.25) is 0 Å². The van der Waals surface area contributed by atoms with Crippen LogP contribution in [0.4, 0.5) is 4.39 Å². The van der Waals surface area contributed by atoms with Crippen LogP contribution in [0.25, 0.3) is 0 Å². The van der Waals surface area contributed by atoms with Crippen molar-refractivity contribution >= 4 is 0 Å². The number of allylic oxidation sites excluding steroid dienone is 2. The molecule has 0 spiro atoms. The molecule has 0 aromatic carbocycles. The van der Waals surface area contributed by atoms with Crippen LogP contribution in [0.2, 0.25) is 0 Å². The highest BCUT2D eigenvalue weighted by Crippen LogP contribution is 2.20. The van der Waals surface area contributed by atoms with Gasteiger partial charge < -0.3 is 5.32 Å². The van der Waals surface area contributed by atoms with E-state index in [0.29, 0.717) is 12.3 Å². The molecule has 0 rings (SSSR count). The lowest BCUT2D eigenvalue weighted by Crippen LogP contribution is -2.09. The van der Waals surface area contributed by atoms with Crippen LogP contribution in [0.15, 0.2) is 11.9 Å². The van der Waals surface area contributed by atoms with Crippen LogP contribution in [0.3, 0.4) is 0 Å². The standard InChI is InChI=1S/C14H28FN/c1-4-6-7-9-13(10-8-11-16-3)12-14(15)5-2/h12-13,16H,4-11H2,1-3H3/b14-12+. The number of hydrogen-bond donors (Lipinski definition) is 1. The molecule has 0 radical (unpaired) electrons. The third-order valence-electron chi connectivity index (χ3n) is 2.93. The van der Waals surface area contributed by atoms with Gasteiger partial charge in [-0.25, -0.2) is 4.39 Å². The fourth-order valence-electron chi connectivity index (χ4n) is 1.88. The maximum absolute atomic E-state index is 13.2.